The summed E-state index contributed by atoms with van der Waals surface area (Å²) in [5.74, 6) is -0.00776. The van der Waals surface area contributed by atoms with Crippen LogP contribution in [0.4, 0.5) is 0 Å². The highest BCUT2D eigenvalue weighted by Crippen LogP contribution is 2.13. The molecule has 1 fully saturated rings. The Morgan fingerprint density at radius 1 is 1.04 bits per heavy atom. The van der Waals surface area contributed by atoms with Gasteiger partial charge in [0, 0.05) is 25.6 Å². The minimum atomic E-state index is -0.574. The van der Waals surface area contributed by atoms with E-state index < -0.39 is 6.04 Å². The third-order valence-corrected chi connectivity index (χ3v) is 4.99. The Balaban J connectivity index is 1.42. The van der Waals surface area contributed by atoms with Crippen LogP contribution >= 0.6 is 0 Å². The first-order valence-corrected chi connectivity index (χ1v) is 9.53. The maximum atomic E-state index is 12.4. The Labute approximate surface area is 160 Å². The fraction of sp³-hybridized carbons (Fsp3) is 0.364. The van der Waals surface area contributed by atoms with Crippen molar-refractivity contribution in [3.63, 3.8) is 0 Å². The van der Waals surface area contributed by atoms with Gasteiger partial charge in [-0.3, -0.25) is 9.59 Å². The minimum Gasteiger partial charge on any atom is -0.350 e. The molecule has 0 aliphatic carbocycles. The number of amides is 2. The number of hydrogen-bond donors (Lipinski definition) is 2. The molecule has 3 rings (SSSR count). The smallest absolute Gasteiger partial charge is 0.237 e. The first-order valence-electron chi connectivity index (χ1n) is 9.53. The molecular formula is C22H27N3O2. The standard InChI is InChI=1S/C22H27N3O2/c23-20(15-18-9-5-2-6-10-18)22(27)24-19-13-14-25(16-19)21(26)12-11-17-7-3-1-4-8-17/h1-10,19-20H,11-16,23H2,(H,24,27). The number of nitrogens with one attached hydrogen (secondary N) is 1. The molecule has 142 valence electrons. The maximum Gasteiger partial charge on any atom is 0.237 e. The van der Waals surface area contributed by atoms with Gasteiger partial charge in [0.25, 0.3) is 0 Å². The van der Waals surface area contributed by atoms with Crippen LogP contribution in [0.3, 0.4) is 0 Å². The lowest BCUT2D eigenvalue weighted by molar-refractivity contribution is -0.130. The van der Waals surface area contributed by atoms with Crippen LogP contribution in [-0.4, -0.2) is 41.9 Å². The number of carbonyl (C=O) groups is 2. The zero-order valence-electron chi connectivity index (χ0n) is 15.5. The average Bonchev–Trinajstić information content (AvgIpc) is 3.16. The van der Waals surface area contributed by atoms with Gasteiger partial charge in [-0.2, -0.15) is 0 Å². The Bertz CT molecular complexity index is 749. The van der Waals surface area contributed by atoms with Crippen molar-refractivity contribution in [3.05, 3.63) is 71.8 Å². The molecule has 0 spiro atoms. The predicted octanol–water partition coefficient (Wildman–Crippen LogP) is 1.91. The van der Waals surface area contributed by atoms with Crippen molar-refractivity contribution in [1.82, 2.24) is 10.2 Å². The largest absolute Gasteiger partial charge is 0.350 e. The van der Waals surface area contributed by atoms with Crippen LogP contribution in [-0.2, 0) is 22.4 Å². The summed E-state index contributed by atoms with van der Waals surface area (Å²) in [7, 11) is 0. The number of aryl methyl sites for hydroxylation is 1. The Kier molecular flexibility index (Phi) is 6.60. The van der Waals surface area contributed by atoms with Crippen LogP contribution < -0.4 is 11.1 Å². The molecule has 2 aromatic carbocycles. The van der Waals surface area contributed by atoms with E-state index in [1.165, 1.54) is 5.56 Å². The summed E-state index contributed by atoms with van der Waals surface area (Å²) in [6, 6.07) is 19.2. The fourth-order valence-electron chi connectivity index (χ4n) is 3.43. The Morgan fingerprint density at radius 3 is 2.33 bits per heavy atom. The molecule has 5 nitrogen and oxygen atoms in total. The van der Waals surface area contributed by atoms with E-state index in [0.29, 0.717) is 25.9 Å². The second kappa shape index (κ2) is 9.33. The van der Waals surface area contributed by atoms with E-state index in [1.807, 2.05) is 65.6 Å². The lowest BCUT2D eigenvalue weighted by Crippen LogP contribution is -2.47. The molecular weight excluding hydrogens is 338 g/mol. The summed E-state index contributed by atoms with van der Waals surface area (Å²) < 4.78 is 0. The molecule has 27 heavy (non-hydrogen) atoms. The van der Waals surface area contributed by atoms with Crippen molar-refractivity contribution in [2.75, 3.05) is 13.1 Å². The van der Waals surface area contributed by atoms with Crippen LogP contribution in [0.15, 0.2) is 60.7 Å². The molecule has 0 aromatic heterocycles. The number of rotatable bonds is 7. The Hall–Kier alpha value is -2.66. The number of nitrogens with zero attached hydrogens (tertiary/aromatic N) is 1. The normalized spacial score (nSPS) is 17.5. The summed E-state index contributed by atoms with van der Waals surface area (Å²) >= 11 is 0. The van der Waals surface area contributed by atoms with Crippen molar-refractivity contribution < 1.29 is 9.59 Å². The number of benzene rings is 2. The number of nitrogens with two attached hydrogens (primary N) is 1. The molecule has 1 aliphatic rings. The molecule has 2 atom stereocenters. The average molecular weight is 365 g/mol. The second-order valence-corrected chi connectivity index (χ2v) is 7.12. The van der Waals surface area contributed by atoms with Gasteiger partial charge in [0.2, 0.25) is 11.8 Å². The van der Waals surface area contributed by atoms with E-state index in [-0.39, 0.29) is 17.9 Å². The summed E-state index contributed by atoms with van der Waals surface area (Å²) in [6.45, 7) is 1.25. The monoisotopic (exact) mass is 365 g/mol. The minimum absolute atomic E-state index is 0.0139. The van der Waals surface area contributed by atoms with Crippen molar-refractivity contribution in [2.24, 2.45) is 5.73 Å². The lowest BCUT2D eigenvalue weighted by Gasteiger charge is -2.19. The van der Waals surface area contributed by atoms with E-state index in [2.05, 4.69) is 5.32 Å². The summed E-state index contributed by atoms with van der Waals surface area (Å²) in [4.78, 5) is 26.6. The zero-order valence-corrected chi connectivity index (χ0v) is 15.5. The molecule has 1 aliphatic heterocycles. The topological polar surface area (TPSA) is 75.4 Å². The van der Waals surface area contributed by atoms with Crippen molar-refractivity contribution >= 4 is 11.8 Å². The quantitative estimate of drug-likeness (QED) is 0.787. The lowest BCUT2D eigenvalue weighted by atomic mass is 10.1. The van der Waals surface area contributed by atoms with Crippen molar-refractivity contribution in [2.45, 2.75) is 37.8 Å². The first-order chi connectivity index (χ1) is 13.1. The van der Waals surface area contributed by atoms with E-state index in [0.717, 1.165) is 18.4 Å². The third-order valence-electron chi connectivity index (χ3n) is 4.99. The second-order valence-electron chi connectivity index (χ2n) is 7.12. The molecule has 1 heterocycles. The van der Waals surface area contributed by atoms with E-state index in [9.17, 15) is 9.59 Å². The molecule has 0 radical (unpaired) electrons. The van der Waals surface area contributed by atoms with E-state index >= 15 is 0 Å². The van der Waals surface area contributed by atoms with Crippen LogP contribution in [0.25, 0.3) is 0 Å². The molecule has 2 aromatic rings. The van der Waals surface area contributed by atoms with Gasteiger partial charge < -0.3 is 16.0 Å². The summed E-state index contributed by atoms with van der Waals surface area (Å²) in [5, 5.41) is 3.00. The molecule has 1 saturated heterocycles. The van der Waals surface area contributed by atoms with Gasteiger partial charge >= 0.3 is 0 Å². The zero-order chi connectivity index (χ0) is 19.1. The predicted molar refractivity (Wildman–Crippen MR) is 106 cm³/mol. The van der Waals surface area contributed by atoms with Crippen molar-refractivity contribution in [1.29, 1.82) is 0 Å². The van der Waals surface area contributed by atoms with Crippen LogP contribution in [0.2, 0.25) is 0 Å². The molecule has 2 amide bonds. The highest BCUT2D eigenvalue weighted by atomic mass is 16.2. The molecule has 5 heteroatoms. The molecule has 3 N–H and O–H groups in total. The van der Waals surface area contributed by atoms with Gasteiger partial charge in [0.05, 0.1) is 6.04 Å². The molecule has 0 bridgehead atoms. The highest BCUT2D eigenvalue weighted by Gasteiger charge is 2.28. The fourth-order valence-corrected chi connectivity index (χ4v) is 3.43. The van der Waals surface area contributed by atoms with E-state index in [1.54, 1.807) is 0 Å². The van der Waals surface area contributed by atoms with Gasteiger partial charge in [-0.05, 0) is 30.4 Å². The maximum absolute atomic E-state index is 12.4. The molecule has 2 unspecified atom stereocenters. The van der Waals surface area contributed by atoms with Crippen LogP contribution in [0, 0.1) is 0 Å². The van der Waals surface area contributed by atoms with E-state index in [4.69, 9.17) is 5.73 Å². The Morgan fingerprint density at radius 2 is 1.67 bits per heavy atom. The van der Waals surface area contributed by atoms with Gasteiger partial charge in [-0.25, -0.2) is 0 Å². The number of carbonyl (C=O) groups excluding carboxylic acids is 2. The van der Waals surface area contributed by atoms with Gasteiger partial charge in [-0.15, -0.1) is 0 Å². The molecule has 0 saturated carbocycles. The number of likely N-dealkylation sites (tertiary alicyclic amines) is 1. The number of hydrogen-bond acceptors (Lipinski definition) is 3. The van der Waals surface area contributed by atoms with Crippen LogP contribution in [0.1, 0.15) is 24.0 Å². The van der Waals surface area contributed by atoms with Crippen LogP contribution in [0.5, 0.6) is 0 Å². The van der Waals surface area contributed by atoms with Crippen molar-refractivity contribution in [3.8, 4) is 0 Å². The summed E-state index contributed by atoms with van der Waals surface area (Å²) in [5.41, 5.74) is 8.26. The summed E-state index contributed by atoms with van der Waals surface area (Å²) in [6.07, 6.45) is 2.54. The SMILES string of the molecule is NC(Cc1ccccc1)C(=O)NC1CCN(C(=O)CCc2ccccc2)C1. The highest BCUT2D eigenvalue weighted by molar-refractivity contribution is 5.82. The van der Waals surface area contributed by atoms with Gasteiger partial charge in [0.1, 0.15) is 0 Å². The van der Waals surface area contributed by atoms with Gasteiger partial charge in [0.15, 0.2) is 0 Å². The van der Waals surface area contributed by atoms with Gasteiger partial charge in [-0.1, -0.05) is 60.7 Å². The third kappa shape index (κ3) is 5.66. The first kappa shape index (κ1) is 19.1.